The number of carboxylic acids is 1. The van der Waals surface area contributed by atoms with E-state index in [0.29, 0.717) is 13.1 Å². The molecule has 10 nitrogen and oxygen atoms in total. The van der Waals surface area contributed by atoms with Gasteiger partial charge in [-0.3, -0.25) is 9.69 Å². The van der Waals surface area contributed by atoms with Gasteiger partial charge in [0.05, 0.1) is 13.2 Å². The topological polar surface area (TPSA) is 125 Å². The van der Waals surface area contributed by atoms with E-state index in [-0.39, 0.29) is 30.9 Å². The minimum atomic E-state index is -1.18. The number of aliphatic carboxylic acids is 1. The molecule has 1 aromatic rings. The van der Waals surface area contributed by atoms with Crippen LogP contribution in [-0.2, 0) is 38.6 Å². The number of amides is 3. The fraction of sp³-hybridized carbons (Fsp3) is 0.643. The molecule has 3 atom stereocenters. The van der Waals surface area contributed by atoms with E-state index in [2.05, 4.69) is 11.4 Å². The maximum Gasteiger partial charge on any atom is 0.410 e. The lowest BCUT2D eigenvalue weighted by Gasteiger charge is -2.30. The Hall–Kier alpha value is -3.30. The number of rotatable bonds is 2. The zero-order valence-corrected chi connectivity index (χ0v) is 22.7. The molecule has 3 aliphatic heterocycles. The summed E-state index contributed by atoms with van der Waals surface area (Å²) in [5.41, 5.74) is 3.20. The number of alkyl carbamates (subject to hydrolysis) is 1. The molecule has 10 heteroatoms. The van der Waals surface area contributed by atoms with Crippen LogP contribution in [0.15, 0.2) is 18.2 Å². The largest absolute Gasteiger partial charge is 0.480 e. The summed E-state index contributed by atoms with van der Waals surface area (Å²) < 4.78 is 11.2. The van der Waals surface area contributed by atoms with E-state index in [1.54, 1.807) is 18.7 Å². The fourth-order valence-electron chi connectivity index (χ4n) is 5.55. The summed E-state index contributed by atoms with van der Waals surface area (Å²) in [5.74, 6) is -2.02. The van der Waals surface area contributed by atoms with Gasteiger partial charge in [0, 0.05) is 19.5 Å². The molecule has 4 rings (SSSR count). The smallest absolute Gasteiger partial charge is 0.410 e. The lowest BCUT2D eigenvalue weighted by Crippen LogP contribution is -2.54. The van der Waals surface area contributed by atoms with Crippen LogP contribution in [0.2, 0.25) is 0 Å². The van der Waals surface area contributed by atoms with E-state index < -0.39 is 42.3 Å². The van der Waals surface area contributed by atoms with Crippen LogP contribution in [0, 0.1) is 11.3 Å². The van der Waals surface area contributed by atoms with Crippen LogP contribution >= 0.6 is 0 Å². The monoisotopic (exact) mass is 529 g/mol. The molecule has 4 bridgehead atoms. The molecule has 208 valence electrons. The van der Waals surface area contributed by atoms with Gasteiger partial charge in [0.1, 0.15) is 18.2 Å². The Kier molecular flexibility index (Phi) is 8.18. The van der Waals surface area contributed by atoms with Gasteiger partial charge in [-0.15, -0.1) is 0 Å². The Morgan fingerprint density at radius 2 is 1.87 bits per heavy atom. The number of aryl methyl sites for hydroxylation is 1. The second-order valence-electron chi connectivity index (χ2n) is 11.8. The molecule has 0 aromatic heterocycles. The highest BCUT2D eigenvalue weighted by Gasteiger charge is 2.45. The van der Waals surface area contributed by atoms with Gasteiger partial charge in [-0.1, -0.05) is 52.3 Å². The summed E-state index contributed by atoms with van der Waals surface area (Å²) in [6.07, 6.45) is 1.66. The average molecular weight is 530 g/mol. The maximum absolute atomic E-state index is 13.5. The van der Waals surface area contributed by atoms with Crippen LogP contribution in [0.5, 0.6) is 0 Å². The molecule has 1 aromatic carbocycles. The number of hydrogen-bond donors (Lipinski definition) is 2. The minimum Gasteiger partial charge on any atom is -0.480 e. The van der Waals surface area contributed by atoms with E-state index in [1.807, 2.05) is 26.0 Å². The molecule has 38 heavy (non-hydrogen) atoms. The third kappa shape index (κ3) is 6.22. The van der Waals surface area contributed by atoms with Crippen LogP contribution in [0.4, 0.5) is 9.59 Å². The molecule has 3 aliphatic rings. The molecule has 3 amide bonds. The Morgan fingerprint density at radius 3 is 2.58 bits per heavy atom. The molecule has 0 radical (unpaired) electrons. The van der Waals surface area contributed by atoms with Crippen molar-refractivity contribution in [2.24, 2.45) is 11.3 Å². The van der Waals surface area contributed by atoms with Gasteiger partial charge in [-0.25, -0.2) is 14.4 Å². The van der Waals surface area contributed by atoms with Gasteiger partial charge < -0.3 is 24.8 Å². The van der Waals surface area contributed by atoms with Crippen LogP contribution in [0.25, 0.3) is 0 Å². The van der Waals surface area contributed by atoms with E-state index >= 15 is 0 Å². The van der Waals surface area contributed by atoms with Crippen molar-refractivity contribution < 1.29 is 33.8 Å². The highest BCUT2D eigenvalue weighted by atomic mass is 16.6. The van der Waals surface area contributed by atoms with Gasteiger partial charge in [0.2, 0.25) is 5.91 Å². The van der Waals surface area contributed by atoms with Crippen molar-refractivity contribution in [3.05, 3.63) is 34.9 Å². The zero-order chi connectivity index (χ0) is 27.6. The van der Waals surface area contributed by atoms with Gasteiger partial charge in [-0.05, 0) is 47.3 Å². The van der Waals surface area contributed by atoms with Gasteiger partial charge in [0.15, 0.2) is 0 Å². The molecular formula is C28H39N3O7. The van der Waals surface area contributed by atoms with Crippen molar-refractivity contribution in [3.63, 3.8) is 0 Å². The number of benzene rings is 1. The molecule has 2 N–H and O–H groups in total. The predicted molar refractivity (Wildman–Crippen MR) is 138 cm³/mol. The molecule has 0 aliphatic carbocycles. The van der Waals surface area contributed by atoms with E-state index in [1.165, 1.54) is 10.5 Å². The lowest BCUT2D eigenvalue weighted by atomic mass is 9.87. The van der Waals surface area contributed by atoms with Crippen molar-refractivity contribution in [1.29, 1.82) is 0 Å². The number of hydrogen-bond acceptors (Lipinski definition) is 6. The van der Waals surface area contributed by atoms with Gasteiger partial charge >= 0.3 is 18.2 Å². The van der Waals surface area contributed by atoms with Crippen LogP contribution in [0.1, 0.15) is 70.1 Å². The van der Waals surface area contributed by atoms with E-state index in [0.717, 1.165) is 36.8 Å². The molecule has 1 unspecified atom stereocenters. The number of ether oxygens (including phenoxy) is 2. The summed E-state index contributed by atoms with van der Waals surface area (Å²) in [6, 6.07) is 4.00. The zero-order valence-electron chi connectivity index (χ0n) is 22.7. The first kappa shape index (κ1) is 27.7. The van der Waals surface area contributed by atoms with E-state index in [4.69, 9.17) is 9.47 Å². The Morgan fingerprint density at radius 1 is 1.13 bits per heavy atom. The van der Waals surface area contributed by atoms with Crippen molar-refractivity contribution in [2.45, 2.75) is 91.1 Å². The molecule has 3 heterocycles. The fourth-order valence-corrected chi connectivity index (χ4v) is 5.55. The molecule has 0 spiro atoms. The van der Waals surface area contributed by atoms with Crippen molar-refractivity contribution in [1.82, 2.24) is 15.1 Å². The van der Waals surface area contributed by atoms with E-state index in [9.17, 15) is 24.3 Å². The summed E-state index contributed by atoms with van der Waals surface area (Å²) in [7, 11) is 0. The Balaban J connectivity index is 1.58. The summed E-state index contributed by atoms with van der Waals surface area (Å²) in [5, 5.41) is 12.5. The SMILES string of the molecule is CC(C)[C@@H]1NC(=O)OCC(C)(C)CCCCc2cccc3c2CN(C3)C(=O)OC2C[C@@H](C(=O)O)N(C2)C1=O. The summed E-state index contributed by atoms with van der Waals surface area (Å²) in [4.78, 5) is 54.1. The number of nitrogens with zero attached hydrogens (tertiary/aromatic N) is 2. The Bertz CT molecular complexity index is 1090. The highest BCUT2D eigenvalue weighted by Crippen LogP contribution is 2.31. The quantitative estimate of drug-likeness (QED) is 0.598. The maximum atomic E-state index is 13.5. The van der Waals surface area contributed by atoms with Crippen molar-refractivity contribution in [2.75, 3.05) is 13.2 Å². The first-order chi connectivity index (χ1) is 17.9. The number of fused-ring (bicyclic) bond motifs is 3. The first-order valence-corrected chi connectivity index (χ1v) is 13.5. The Labute approximate surface area is 223 Å². The van der Waals surface area contributed by atoms with Gasteiger partial charge in [0.25, 0.3) is 0 Å². The second kappa shape index (κ2) is 11.2. The number of carboxylic acid groups (broad SMARTS) is 1. The molecule has 1 saturated heterocycles. The molecule has 0 saturated carbocycles. The second-order valence-corrected chi connectivity index (χ2v) is 11.8. The lowest BCUT2D eigenvalue weighted by molar-refractivity contribution is -0.149. The third-order valence-corrected chi connectivity index (χ3v) is 7.79. The molecule has 1 fully saturated rings. The number of cyclic esters (lactones) is 1. The third-order valence-electron chi connectivity index (χ3n) is 7.79. The molecular weight excluding hydrogens is 490 g/mol. The normalized spacial score (nSPS) is 26.6. The first-order valence-electron chi connectivity index (χ1n) is 13.5. The van der Waals surface area contributed by atoms with Gasteiger partial charge in [-0.2, -0.15) is 0 Å². The number of carbonyl (C=O) groups is 4. The summed E-state index contributed by atoms with van der Waals surface area (Å²) >= 11 is 0. The number of nitrogens with one attached hydrogen (secondary N) is 1. The average Bonchev–Trinajstić information content (AvgIpc) is 3.48. The standard InChI is InChI=1S/C28H39N3O7/c1-17(2)23-24(32)31-14-20(12-22(31)25(33)34)38-27(36)30-13-19-10-7-9-18(21(19)15-30)8-5-6-11-28(3,4)16-37-26(35)29-23/h7,9-10,17,20,22-23H,5-6,8,11-16H2,1-4H3,(H,29,35)(H,33,34)/t20?,22-,23-/m0/s1. The van der Waals surface area contributed by atoms with Crippen molar-refractivity contribution in [3.8, 4) is 0 Å². The number of carbonyl (C=O) groups excluding carboxylic acids is 3. The van der Waals surface area contributed by atoms with Crippen LogP contribution in [0.3, 0.4) is 0 Å². The van der Waals surface area contributed by atoms with Crippen LogP contribution in [-0.4, -0.2) is 70.3 Å². The van der Waals surface area contributed by atoms with Crippen molar-refractivity contribution >= 4 is 24.1 Å². The highest BCUT2D eigenvalue weighted by molar-refractivity contribution is 5.90. The van der Waals surface area contributed by atoms with Crippen LogP contribution < -0.4 is 5.32 Å². The summed E-state index contributed by atoms with van der Waals surface area (Å²) in [6.45, 7) is 8.66. The minimum absolute atomic E-state index is 0.0116. The predicted octanol–water partition coefficient (Wildman–Crippen LogP) is 3.70.